The van der Waals surface area contributed by atoms with E-state index in [1.54, 1.807) is 12.1 Å². The minimum absolute atomic E-state index is 0.103. The standard InChI is InChI=1S/C24H25FN4O2/c1-15-2-4-16(5-3-15)20-12-28(24(30)18-10-11-31-14-18)13-21-27-22(23(26)29(20)21)17-6-8-19(25)9-7-17/h2-9,18,20H,10-14,26H2,1H3. The van der Waals surface area contributed by atoms with Gasteiger partial charge in [-0.2, -0.15) is 0 Å². The molecule has 0 saturated carbocycles. The number of aromatic nitrogens is 2. The predicted molar refractivity (Wildman–Crippen MR) is 116 cm³/mol. The van der Waals surface area contributed by atoms with E-state index in [9.17, 15) is 9.18 Å². The Bertz CT molecular complexity index is 1100. The van der Waals surface area contributed by atoms with Crippen LogP contribution < -0.4 is 5.73 Å². The van der Waals surface area contributed by atoms with Gasteiger partial charge in [-0.05, 0) is 43.2 Å². The van der Waals surface area contributed by atoms with Crippen LogP contribution in [0.4, 0.5) is 10.2 Å². The zero-order valence-corrected chi connectivity index (χ0v) is 17.4. The van der Waals surface area contributed by atoms with Gasteiger partial charge in [-0.15, -0.1) is 0 Å². The highest BCUT2D eigenvalue weighted by atomic mass is 19.1. The Kier molecular flexibility index (Phi) is 4.98. The van der Waals surface area contributed by atoms with Crippen LogP contribution in [-0.4, -0.2) is 40.1 Å². The van der Waals surface area contributed by atoms with Crippen molar-refractivity contribution in [1.29, 1.82) is 0 Å². The van der Waals surface area contributed by atoms with Crippen LogP contribution in [0.3, 0.4) is 0 Å². The summed E-state index contributed by atoms with van der Waals surface area (Å²) in [4.78, 5) is 19.8. The first kappa shape index (κ1) is 19.8. The Morgan fingerprint density at radius 1 is 1.16 bits per heavy atom. The van der Waals surface area contributed by atoms with Gasteiger partial charge in [0.1, 0.15) is 23.2 Å². The summed E-state index contributed by atoms with van der Waals surface area (Å²) in [6.07, 6.45) is 0.752. The van der Waals surface area contributed by atoms with E-state index in [0.717, 1.165) is 23.4 Å². The third-order valence-electron chi connectivity index (χ3n) is 6.23. The molecule has 0 radical (unpaired) electrons. The molecule has 0 aliphatic carbocycles. The van der Waals surface area contributed by atoms with Gasteiger partial charge in [0.05, 0.1) is 25.1 Å². The number of anilines is 1. The maximum Gasteiger partial charge on any atom is 0.228 e. The number of nitrogens with zero attached hydrogens (tertiary/aromatic N) is 3. The Morgan fingerprint density at radius 2 is 1.90 bits per heavy atom. The van der Waals surface area contributed by atoms with Crippen LogP contribution >= 0.6 is 0 Å². The fourth-order valence-electron chi connectivity index (χ4n) is 4.50. The average molecular weight is 420 g/mol. The fourth-order valence-corrected chi connectivity index (χ4v) is 4.50. The first-order chi connectivity index (χ1) is 15.0. The number of hydrogen-bond donors (Lipinski definition) is 1. The van der Waals surface area contributed by atoms with Gasteiger partial charge in [0, 0.05) is 18.7 Å². The van der Waals surface area contributed by atoms with Crippen molar-refractivity contribution in [3.05, 3.63) is 71.3 Å². The lowest BCUT2D eigenvalue weighted by molar-refractivity contribution is -0.137. The highest BCUT2D eigenvalue weighted by Crippen LogP contribution is 2.36. The molecule has 2 atom stereocenters. The quantitative estimate of drug-likeness (QED) is 0.703. The molecule has 1 aromatic heterocycles. The van der Waals surface area contributed by atoms with Crippen LogP contribution in [0.1, 0.15) is 29.4 Å². The lowest BCUT2D eigenvalue weighted by atomic mass is 10.0. The number of nitrogen functional groups attached to an aromatic ring is 1. The van der Waals surface area contributed by atoms with Crippen LogP contribution in [0.25, 0.3) is 11.3 Å². The molecule has 2 N–H and O–H groups in total. The molecule has 6 nitrogen and oxygen atoms in total. The monoisotopic (exact) mass is 420 g/mol. The van der Waals surface area contributed by atoms with E-state index in [1.165, 1.54) is 17.7 Å². The average Bonchev–Trinajstić information content (AvgIpc) is 3.42. The van der Waals surface area contributed by atoms with Crippen molar-refractivity contribution < 1.29 is 13.9 Å². The number of carbonyl (C=O) groups is 1. The number of benzene rings is 2. The van der Waals surface area contributed by atoms with E-state index in [0.29, 0.717) is 37.8 Å². The summed E-state index contributed by atoms with van der Waals surface area (Å²) in [5.41, 5.74) is 10.2. The van der Waals surface area contributed by atoms with Gasteiger partial charge >= 0.3 is 0 Å². The maximum absolute atomic E-state index is 13.4. The lowest BCUT2D eigenvalue weighted by Gasteiger charge is -2.36. The molecule has 2 aromatic carbocycles. The second kappa shape index (κ2) is 7.81. The largest absolute Gasteiger partial charge is 0.383 e. The van der Waals surface area contributed by atoms with Crippen LogP contribution in [0.2, 0.25) is 0 Å². The summed E-state index contributed by atoms with van der Waals surface area (Å²) in [6, 6.07) is 14.3. The Morgan fingerprint density at radius 3 is 2.58 bits per heavy atom. The number of imidazole rings is 1. The van der Waals surface area contributed by atoms with Crippen molar-refractivity contribution in [2.24, 2.45) is 5.92 Å². The Balaban J connectivity index is 1.57. The Hall–Kier alpha value is -3.19. The molecule has 2 unspecified atom stereocenters. The number of ether oxygens (including phenoxy) is 1. The maximum atomic E-state index is 13.4. The van der Waals surface area contributed by atoms with Crippen molar-refractivity contribution in [2.45, 2.75) is 25.9 Å². The molecule has 31 heavy (non-hydrogen) atoms. The first-order valence-electron chi connectivity index (χ1n) is 10.6. The molecule has 1 fully saturated rings. The smallest absolute Gasteiger partial charge is 0.228 e. The molecule has 0 bridgehead atoms. The summed E-state index contributed by atoms with van der Waals surface area (Å²) < 4.78 is 20.9. The summed E-state index contributed by atoms with van der Waals surface area (Å²) in [6.45, 7) is 4.06. The SMILES string of the molecule is Cc1ccc(C2CN(C(=O)C3CCOC3)Cc3nc(-c4ccc(F)cc4)c(N)n32)cc1. The number of hydrogen-bond acceptors (Lipinski definition) is 4. The number of rotatable bonds is 3. The fraction of sp³-hybridized carbons (Fsp3) is 0.333. The van der Waals surface area contributed by atoms with E-state index in [2.05, 4.69) is 24.3 Å². The van der Waals surface area contributed by atoms with E-state index in [1.807, 2.05) is 16.4 Å². The highest BCUT2D eigenvalue weighted by Gasteiger charge is 2.36. The summed E-state index contributed by atoms with van der Waals surface area (Å²) in [5, 5.41) is 0. The number of nitrogens with two attached hydrogens (primary N) is 1. The third-order valence-corrected chi connectivity index (χ3v) is 6.23. The van der Waals surface area contributed by atoms with Gasteiger partial charge in [-0.3, -0.25) is 4.79 Å². The van der Waals surface area contributed by atoms with E-state index < -0.39 is 0 Å². The van der Waals surface area contributed by atoms with Gasteiger partial charge in [0.25, 0.3) is 0 Å². The van der Waals surface area contributed by atoms with Crippen LogP contribution in [0, 0.1) is 18.7 Å². The highest BCUT2D eigenvalue weighted by molar-refractivity contribution is 5.80. The van der Waals surface area contributed by atoms with Crippen molar-refractivity contribution in [3.8, 4) is 11.3 Å². The van der Waals surface area contributed by atoms with Crippen LogP contribution in [0.5, 0.6) is 0 Å². The van der Waals surface area contributed by atoms with Crippen molar-refractivity contribution in [1.82, 2.24) is 14.5 Å². The molecule has 160 valence electrons. The number of halogens is 1. The number of fused-ring (bicyclic) bond motifs is 1. The lowest BCUT2D eigenvalue weighted by Crippen LogP contribution is -2.44. The molecule has 1 saturated heterocycles. The molecule has 7 heteroatoms. The van der Waals surface area contributed by atoms with Gasteiger partial charge in [-0.1, -0.05) is 29.8 Å². The summed E-state index contributed by atoms with van der Waals surface area (Å²) in [7, 11) is 0. The summed E-state index contributed by atoms with van der Waals surface area (Å²) in [5.74, 6) is 0.962. The molecule has 3 aromatic rings. The molecule has 2 aliphatic heterocycles. The van der Waals surface area contributed by atoms with Gasteiger partial charge in [0.15, 0.2) is 0 Å². The second-order valence-corrected chi connectivity index (χ2v) is 8.34. The van der Waals surface area contributed by atoms with Crippen LogP contribution in [0.15, 0.2) is 48.5 Å². The van der Waals surface area contributed by atoms with Gasteiger partial charge in [-0.25, -0.2) is 9.37 Å². The minimum Gasteiger partial charge on any atom is -0.383 e. The molecule has 3 heterocycles. The van der Waals surface area contributed by atoms with Crippen LogP contribution in [-0.2, 0) is 16.1 Å². The zero-order chi connectivity index (χ0) is 21.5. The minimum atomic E-state index is -0.306. The molecule has 5 rings (SSSR count). The first-order valence-corrected chi connectivity index (χ1v) is 10.6. The number of aryl methyl sites for hydroxylation is 1. The molecule has 0 spiro atoms. The topological polar surface area (TPSA) is 73.4 Å². The van der Waals surface area contributed by atoms with Crippen molar-refractivity contribution >= 4 is 11.7 Å². The third kappa shape index (κ3) is 3.59. The van der Waals surface area contributed by atoms with Crippen molar-refractivity contribution in [3.63, 3.8) is 0 Å². The molecular formula is C24H25FN4O2. The molecule has 1 amide bonds. The zero-order valence-electron chi connectivity index (χ0n) is 17.4. The second-order valence-electron chi connectivity index (χ2n) is 8.34. The van der Waals surface area contributed by atoms with E-state index in [4.69, 9.17) is 15.5 Å². The van der Waals surface area contributed by atoms with Gasteiger partial charge in [0.2, 0.25) is 5.91 Å². The van der Waals surface area contributed by atoms with Gasteiger partial charge < -0.3 is 19.9 Å². The normalized spacial score (nSPS) is 20.6. The predicted octanol–water partition coefficient (Wildman–Crippen LogP) is 3.55. The number of amides is 1. The molecule has 2 aliphatic rings. The summed E-state index contributed by atoms with van der Waals surface area (Å²) >= 11 is 0. The van der Waals surface area contributed by atoms with E-state index >= 15 is 0 Å². The Labute approximate surface area is 180 Å². The number of carbonyl (C=O) groups excluding carboxylic acids is 1. The molecular weight excluding hydrogens is 395 g/mol. The van der Waals surface area contributed by atoms with Crippen molar-refractivity contribution in [2.75, 3.05) is 25.5 Å². The van der Waals surface area contributed by atoms with E-state index in [-0.39, 0.29) is 23.7 Å².